The molecule has 13 heteroatoms. The van der Waals surface area contributed by atoms with Crippen molar-refractivity contribution in [3.8, 4) is 0 Å². The van der Waals surface area contributed by atoms with E-state index in [1.54, 1.807) is 12.5 Å². The summed E-state index contributed by atoms with van der Waals surface area (Å²) in [5.74, 6) is 14.7. The van der Waals surface area contributed by atoms with Crippen molar-refractivity contribution in [3.05, 3.63) is 59.2 Å². The molecular weight excluding hydrogens is 731 g/mol. The van der Waals surface area contributed by atoms with Crippen LogP contribution in [0, 0.1) is 59.2 Å². The summed E-state index contributed by atoms with van der Waals surface area (Å²) in [6.45, 7) is 22.0. The van der Waals surface area contributed by atoms with Crippen molar-refractivity contribution in [2.24, 2.45) is 0 Å². The van der Waals surface area contributed by atoms with Crippen LogP contribution in [0.2, 0.25) is 0 Å². The van der Waals surface area contributed by atoms with Gasteiger partial charge >= 0.3 is 52.0 Å². The standard InChI is InChI=1S/2C10H15.CHF3O3S.2CH4S.ClH.H2O.2Ru/c2*1-6-7(2)9(4)10(5)8(6)3;2-1(3,4)8(5,6)7;2*1-2;;;;/h2*1-5H3;(H,5,6,7);2*2H,1H3;1H;1H2;;/q;;;;;;;2*+3/p-4. The maximum Gasteiger partial charge on any atom is 3.00 e. The number of hydrogen-bond acceptors (Lipinski definition) is 5. The molecule has 0 aliphatic heterocycles. The first-order valence-corrected chi connectivity index (χ1v) is 15.0. The van der Waals surface area contributed by atoms with Crippen molar-refractivity contribution in [2.45, 2.75) is 74.7 Å². The fraction of sp³-hybridized carbons (Fsp3) is 0.565. The second kappa shape index (κ2) is 24.7. The van der Waals surface area contributed by atoms with Gasteiger partial charge in [-0.05, 0) is 59.2 Å². The maximum atomic E-state index is 10.7. The Hall–Kier alpha value is 1.90. The fourth-order valence-electron chi connectivity index (χ4n) is 2.81. The molecule has 11 radical (unpaired) electrons. The van der Waals surface area contributed by atoms with E-state index < -0.39 is 15.6 Å². The molecule has 2 N–H and O–H groups in total. The predicted molar refractivity (Wildman–Crippen MR) is 141 cm³/mol. The summed E-state index contributed by atoms with van der Waals surface area (Å²) in [5.41, 5.74) is -5.65. The monoisotopic (exact) mass is 770 g/mol. The molecular formula is C23H38ClF3O4Ru2S3+2. The van der Waals surface area contributed by atoms with Crippen molar-refractivity contribution in [3.63, 3.8) is 0 Å². The van der Waals surface area contributed by atoms with E-state index in [1.165, 1.54) is 59.2 Å². The van der Waals surface area contributed by atoms with Crippen molar-refractivity contribution < 1.29 is 68.4 Å². The van der Waals surface area contributed by atoms with Crippen LogP contribution in [0.3, 0.4) is 0 Å². The second-order valence-corrected chi connectivity index (χ2v) is 8.52. The van der Waals surface area contributed by atoms with Gasteiger partial charge < -0.3 is 35.3 Å². The van der Waals surface area contributed by atoms with Gasteiger partial charge in [0.15, 0.2) is 10.1 Å². The maximum absolute atomic E-state index is 10.7. The summed E-state index contributed by atoms with van der Waals surface area (Å²) in [4.78, 5) is 0. The Bertz CT molecular complexity index is 486. The molecule has 2 aliphatic carbocycles. The third-order valence-corrected chi connectivity index (χ3v) is 6.48. The zero-order chi connectivity index (χ0) is 28.8. The van der Waals surface area contributed by atoms with Crippen molar-refractivity contribution in [1.29, 1.82) is 0 Å². The molecule has 0 atom stereocenters. The van der Waals surface area contributed by atoms with Gasteiger partial charge in [0.1, 0.15) is 0 Å². The minimum absolute atomic E-state index is 0. The molecule has 4 nitrogen and oxygen atoms in total. The van der Waals surface area contributed by atoms with Crippen LogP contribution >= 0.6 is 9.69 Å². The van der Waals surface area contributed by atoms with Gasteiger partial charge in [0.2, 0.25) is 0 Å². The molecule has 2 aliphatic rings. The quantitative estimate of drug-likeness (QED) is 0.127. The van der Waals surface area contributed by atoms with E-state index in [0.29, 0.717) is 0 Å². The molecule has 0 bridgehead atoms. The van der Waals surface area contributed by atoms with Crippen molar-refractivity contribution in [1.82, 2.24) is 0 Å². The van der Waals surface area contributed by atoms with E-state index in [4.69, 9.17) is 13.0 Å². The van der Waals surface area contributed by atoms with E-state index in [-0.39, 0.29) is 25.0 Å². The molecule has 0 aromatic heterocycles. The largest absolute Gasteiger partial charge is 3.00 e. The number of hydrogen-bond donors (Lipinski definition) is 0. The molecule has 0 aromatic rings. The third kappa shape index (κ3) is 16.9. The van der Waals surface area contributed by atoms with Gasteiger partial charge in [-0.1, -0.05) is 69.2 Å². The first kappa shape index (κ1) is 50.7. The molecule has 0 amide bonds. The Morgan fingerprint density at radius 3 is 0.667 bits per heavy atom. The summed E-state index contributed by atoms with van der Waals surface area (Å²) < 4.78 is 58.9. The first-order chi connectivity index (χ1) is 15.4. The van der Waals surface area contributed by atoms with E-state index >= 15 is 0 Å². The minimum Gasteiger partial charge on any atom is 3.00 e. The van der Waals surface area contributed by atoms with Gasteiger partial charge in [0, 0.05) is 0 Å². The Morgan fingerprint density at radius 2 is 0.639 bits per heavy atom. The van der Waals surface area contributed by atoms with Crippen molar-refractivity contribution >= 4 is 45.1 Å². The van der Waals surface area contributed by atoms with Gasteiger partial charge in [-0.15, -0.1) is 0 Å². The predicted octanol–water partition coefficient (Wildman–Crippen LogP) is 6.18. The van der Waals surface area contributed by atoms with Gasteiger partial charge in [-0.25, -0.2) is 8.42 Å². The van der Waals surface area contributed by atoms with E-state index in [1.807, 2.05) is 17.3 Å². The SMILES string of the molecule is C[C]1[C](C)[C](C)[C](C)[C]1C.C[C]1[C](C)[C](C)[C](C)[C]1C.C[S-].C[S-].O.O=S(=O)([O-])C(F)(F)F.[Cl][Ru+2].[Ru+3]. The minimum atomic E-state index is -6.09. The summed E-state index contributed by atoms with van der Waals surface area (Å²) in [5, 5.41) is 0. The Kier molecular flexibility index (Phi) is 34.8. The van der Waals surface area contributed by atoms with Crippen LogP contribution < -0.4 is 0 Å². The topological polar surface area (TPSA) is 88.7 Å². The van der Waals surface area contributed by atoms with Gasteiger partial charge in [0.05, 0.1) is 0 Å². The van der Waals surface area contributed by atoms with Crippen molar-refractivity contribution in [2.75, 3.05) is 12.5 Å². The van der Waals surface area contributed by atoms with Crippen LogP contribution in [0.5, 0.6) is 0 Å². The van der Waals surface area contributed by atoms with Gasteiger partial charge in [-0.3, -0.25) is 0 Å². The Labute approximate surface area is 258 Å². The molecule has 0 spiro atoms. The molecule has 2 rings (SSSR count). The molecule has 36 heavy (non-hydrogen) atoms. The Morgan fingerprint density at radius 1 is 0.583 bits per heavy atom. The smallest absolute Gasteiger partial charge is 3.00 e. The van der Waals surface area contributed by atoms with Crippen LogP contribution in [0.25, 0.3) is 0 Å². The number of rotatable bonds is 0. The van der Waals surface area contributed by atoms with E-state index in [2.05, 4.69) is 104 Å². The molecule has 2 fully saturated rings. The first-order valence-electron chi connectivity index (χ1n) is 9.72. The van der Waals surface area contributed by atoms with E-state index in [0.717, 1.165) is 0 Å². The fourth-order valence-corrected chi connectivity index (χ4v) is 2.81. The zero-order valence-electron chi connectivity index (χ0n) is 22.7. The summed E-state index contributed by atoms with van der Waals surface area (Å²) >= 11 is 9.99. The molecule has 0 saturated heterocycles. The summed E-state index contributed by atoms with van der Waals surface area (Å²) in [6, 6.07) is 0. The zero-order valence-corrected chi connectivity index (χ0v) is 29.4. The third-order valence-electron chi connectivity index (χ3n) is 5.91. The van der Waals surface area contributed by atoms with Crippen LogP contribution in [0.1, 0.15) is 69.2 Å². The van der Waals surface area contributed by atoms with E-state index in [9.17, 15) is 13.2 Å². The summed E-state index contributed by atoms with van der Waals surface area (Å²) in [7, 11) is -1.52. The van der Waals surface area contributed by atoms with Crippen LogP contribution in [0.4, 0.5) is 13.2 Å². The van der Waals surface area contributed by atoms with Crippen LogP contribution in [0.15, 0.2) is 0 Å². The molecule has 2 saturated carbocycles. The number of alkyl halides is 3. The molecule has 214 valence electrons. The van der Waals surface area contributed by atoms with Crippen LogP contribution in [-0.4, -0.2) is 36.5 Å². The molecule has 0 unspecified atom stereocenters. The normalized spacial score (nSPS) is 19.4. The summed E-state index contributed by atoms with van der Waals surface area (Å²) in [6.07, 6.45) is 3.17. The average molecular weight is 769 g/mol. The van der Waals surface area contributed by atoms with Gasteiger partial charge in [0.25, 0.3) is 0 Å². The second-order valence-electron chi connectivity index (χ2n) is 7.15. The molecule has 0 heterocycles. The van der Waals surface area contributed by atoms with Crippen LogP contribution in [-0.2, 0) is 72.2 Å². The van der Waals surface area contributed by atoms with Gasteiger partial charge in [-0.2, -0.15) is 25.7 Å². The average Bonchev–Trinajstić information content (AvgIpc) is 3.07. The molecule has 0 aromatic carbocycles. The number of halogens is 4. The Balaban J connectivity index is -0.0000000831.